The van der Waals surface area contributed by atoms with Crippen LogP contribution in [0.3, 0.4) is 0 Å². The number of carbonyl (C=O) groups excluding carboxylic acids is 1. The van der Waals surface area contributed by atoms with Gasteiger partial charge in [0.2, 0.25) is 5.91 Å². The van der Waals surface area contributed by atoms with Crippen molar-refractivity contribution >= 4 is 5.91 Å². The van der Waals surface area contributed by atoms with Crippen LogP contribution in [0.5, 0.6) is 5.75 Å². The number of carbonyl (C=O) groups is 1. The van der Waals surface area contributed by atoms with Crippen LogP contribution in [0.25, 0.3) is 0 Å². The van der Waals surface area contributed by atoms with Gasteiger partial charge in [0.1, 0.15) is 5.75 Å². The highest BCUT2D eigenvalue weighted by atomic mass is 16.5. The summed E-state index contributed by atoms with van der Waals surface area (Å²) in [6.45, 7) is 2.29. The van der Waals surface area contributed by atoms with Crippen molar-refractivity contribution in [2.75, 3.05) is 13.2 Å². The minimum Gasteiger partial charge on any atom is -0.493 e. The highest BCUT2D eigenvalue weighted by molar-refractivity contribution is 5.76. The molecule has 0 radical (unpaired) electrons. The van der Waals surface area contributed by atoms with E-state index in [1.165, 1.54) is 24.0 Å². The molecule has 1 aromatic carbocycles. The van der Waals surface area contributed by atoms with Crippen molar-refractivity contribution in [3.63, 3.8) is 0 Å². The average Bonchev–Trinajstić information content (AvgIpc) is 3.30. The van der Waals surface area contributed by atoms with Gasteiger partial charge < -0.3 is 15.4 Å². The van der Waals surface area contributed by atoms with E-state index in [2.05, 4.69) is 23.1 Å². The molecule has 25 heavy (non-hydrogen) atoms. The van der Waals surface area contributed by atoms with Crippen molar-refractivity contribution in [2.45, 2.75) is 76.8 Å². The molecule has 1 aromatic rings. The van der Waals surface area contributed by atoms with E-state index >= 15 is 0 Å². The number of amides is 1. The molecular formula is C21H32N2O2. The number of nitrogens with two attached hydrogens (primary N) is 1. The fraction of sp³-hybridized carbons (Fsp3) is 0.667. The molecule has 1 amide bonds. The van der Waals surface area contributed by atoms with Gasteiger partial charge in [0.25, 0.3) is 0 Å². The fourth-order valence-corrected chi connectivity index (χ4v) is 4.09. The molecule has 1 fully saturated rings. The van der Waals surface area contributed by atoms with E-state index in [0.717, 1.165) is 70.4 Å². The predicted octanol–water partition coefficient (Wildman–Crippen LogP) is 3.80. The van der Waals surface area contributed by atoms with Crippen LogP contribution in [-0.2, 0) is 17.8 Å². The summed E-state index contributed by atoms with van der Waals surface area (Å²) in [5.74, 6) is 1.35. The summed E-state index contributed by atoms with van der Waals surface area (Å²) >= 11 is 0. The Balaban J connectivity index is 1.60. The molecule has 1 aliphatic heterocycles. The number of unbranched alkanes of at least 4 members (excludes halogenated alkanes) is 3. The first-order valence-corrected chi connectivity index (χ1v) is 10.0. The number of nitrogens with zero attached hydrogens (tertiary/aromatic N) is 1. The lowest BCUT2D eigenvalue weighted by Crippen LogP contribution is -2.38. The third kappa shape index (κ3) is 4.97. The highest BCUT2D eigenvalue weighted by Crippen LogP contribution is 2.29. The van der Waals surface area contributed by atoms with Gasteiger partial charge in [0.15, 0.2) is 0 Å². The maximum atomic E-state index is 12.9. The molecule has 2 N–H and O–H groups in total. The fourth-order valence-electron chi connectivity index (χ4n) is 4.09. The maximum Gasteiger partial charge on any atom is 0.223 e. The Morgan fingerprint density at radius 3 is 2.76 bits per heavy atom. The van der Waals surface area contributed by atoms with Gasteiger partial charge in [0, 0.05) is 25.4 Å². The van der Waals surface area contributed by atoms with E-state index in [1.54, 1.807) is 0 Å². The molecule has 0 bridgehead atoms. The summed E-state index contributed by atoms with van der Waals surface area (Å²) in [6.07, 6.45) is 10.8. The minimum absolute atomic E-state index is 0.330. The SMILES string of the molecule is NCCCCCCC(=O)N(Cc1ccc2c(c1)CCO2)C1CCCC1. The Morgan fingerprint density at radius 1 is 1.16 bits per heavy atom. The number of rotatable bonds is 9. The van der Waals surface area contributed by atoms with Crippen LogP contribution >= 0.6 is 0 Å². The highest BCUT2D eigenvalue weighted by Gasteiger charge is 2.26. The lowest BCUT2D eigenvalue weighted by molar-refractivity contribution is -0.134. The van der Waals surface area contributed by atoms with Crippen molar-refractivity contribution in [3.8, 4) is 5.75 Å². The largest absolute Gasteiger partial charge is 0.493 e. The van der Waals surface area contributed by atoms with Crippen LogP contribution < -0.4 is 10.5 Å². The zero-order valence-electron chi connectivity index (χ0n) is 15.3. The summed E-state index contributed by atoms with van der Waals surface area (Å²) in [7, 11) is 0. The summed E-state index contributed by atoms with van der Waals surface area (Å²) in [5.41, 5.74) is 8.08. The third-order valence-electron chi connectivity index (χ3n) is 5.54. The van der Waals surface area contributed by atoms with Gasteiger partial charge in [-0.15, -0.1) is 0 Å². The van der Waals surface area contributed by atoms with Gasteiger partial charge in [-0.3, -0.25) is 4.79 Å². The van der Waals surface area contributed by atoms with Gasteiger partial charge in [-0.2, -0.15) is 0 Å². The number of hydrogen-bond acceptors (Lipinski definition) is 3. The topological polar surface area (TPSA) is 55.6 Å². The first-order chi connectivity index (χ1) is 12.3. The monoisotopic (exact) mass is 344 g/mol. The zero-order chi connectivity index (χ0) is 17.5. The van der Waals surface area contributed by atoms with Crippen LogP contribution in [0.1, 0.15) is 68.9 Å². The molecule has 1 saturated carbocycles. The average molecular weight is 344 g/mol. The second-order valence-corrected chi connectivity index (χ2v) is 7.45. The Labute approximate surface area is 151 Å². The molecule has 1 aliphatic carbocycles. The molecule has 0 saturated heterocycles. The van der Waals surface area contributed by atoms with Crippen molar-refractivity contribution in [1.29, 1.82) is 0 Å². The third-order valence-corrected chi connectivity index (χ3v) is 5.54. The summed E-state index contributed by atoms with van der Waals surface area (Å²) in [6, 6.07) is 6.86. The van der Waals surface area contributed by atoms with E-state index in [9.17, 15) is 4.79 Å². The van der Waals surface area contributed by atoms with Gasteiger partial charge in [0.05, 0.1) is 6.61 Å². The van der Waals surface area contributed by atoms with Crippen LogP contribution in [-0.4, -0.2) is 30.0 Å². The van der Waals surface area contributed by atoms with Crippen LogP contribution in [0.15, 0.2) is 18.2 Å². The van der Waals surface area contributed by atoms with E-state index < -0.39 is 0 Å². The van der Waals surface area contributed by atoms with E-state index in [1.807, 2.05) is 0 Å². The molecule has 4 heteroatoms. The second-order valence-electron chi connectivity index (χ2n) is 7.45. The van der Waals surface area contributed by atoms with Gasteiger partial charge >= 0.3 is 0 Å². The van der Waals surface area contributed by atoms with E-state index in [4.69, 9.17) is 10.5 Å². The lowest BCUT2D eigenvalue weighted by Gasteiger charge is -2.29. The summed E-state index contributed by atoms with van der Waals surface area (Å²) in [4.78, 5) is 15.0. The lowest BCUT2D eigenvalue weighted by atomic mass is 10.1. The van der Waals surface area contributed by atoms with Crippen LogP contribution in [0.4, 0.5) is 0 Å². The minimum atomic E-state index is 0.330. The molecule has 2 aliphatic rings. The molecule has 1 heterocycles. The maximum absolute atomic E-state index is 12.9. The quantitative estimate of drug-likeness (QED) is 0.693. The molecule has 0 atom stereocenters. The standard InChI is InChI=1S/C21H32N2O2/c22-13-6-2-1-3-9-21(24)23(19-7-4-5-8-19)16-17-10-11-20-18(15-17)12-14-25-20/h10-11,15,19H,1-9,12-14,16,22H2. The molecule has 4 nitrogen and oxygen atoms in total. The molecule has 0 aromatic heterocycles. The number of fused-ring (bicyclic) bond motifs is 1. The van der Waals surface area contributed by atoms with E-state index in [0.29, 0.717) is 18.4 Å². The number of ether oxygens (including phenoxy) is 1. The number of hydrogen-bond donors (Lipinski definition) is 1. The molecule has 3 rings (SSSR count). The predicted molar refractivity (Wildman–Crippen MR) is 101 cm³/mol. The van der Waals surface area contributed by atoms with Crippen molar-refractivity contribution in [1.82, 2.24) is 4.90 Å². The molecular weight excluding hydrogens is 312 g/mol. The Hall–Kier alpha value is -1.55. The molecule has 0 spiro atoms. The Morgan fingerprint density at radius 2 is 1.96 bits per heavy atom. The normalized spacial score (nSPS) is 16.7. The Bertz CT molecular complexity index is 567. The summed E-state index contributed by atoms with van der Waals surface area (Å²) < 4.78 is 5.60. The van der Waals surface area contributed by atoms with Crippen molar-refractivity contribution < 1.29 is 9.53 Å². The van der Waals surface area contributed by atoms with Gasteiger partial charge in [-0.1, -0.05) is 37.8 Å². The van der Waals surface area contributed by atoms with Crippen molar-refractivity contribution in [2.24, 2.45) is 5.73 Å². The van der Waals surface area contributed by atoms with E-state index in [-0.39, 0.29) is 0 Å². The zero-order valence-corrected chi connectivity index (χ0v) is 15.3. The van der Waals surface area contributed by atoms with Crippen LogP contribution in [0, 0.1) is 0 Å². The smallest absolute Gasteiger partial charge is 0.223 e. The second kappa shape index (κ2) is 9.23. The summed E-state index contributed by atoms with van der Waals surface area (Å²) in [5, 5.41) is 0. The van der Waals surface area contributed by atoms with Crippen molar-refractivity contribution in [3.05, 3.63) is 29.3 Å². The Kier molecular flexibility index (Phi) is 6.74. The molecule has 0 unspecified atom stereocenters. The van der Waals surface area contributed by atoms with Gasteiger partial charge in [-0.05, 0) is 49.4 Å². The molecule has 138 valence electrons. The van der Waals surface area contributed by atoms with Crippen LogP contribution in [0.2, 0.25) is 0 Å². The number of benzene rings is 1. The van der Waals surface area contributed by atoms with Gasteiger partial charge in [-0.25, -0.2) is 0 Å². The first-order valence-electron chi connectivity index (χ1n) is 10.0. The first kappa shape index (κ1) is 18.2.